The van der Waals surface area contributed by atoms with Crippen LogP contribution >= 0.6 is 11.8 Å². The van der Waals surface area contributed by atoms with Crippen molar-refractivity contribution in [1.29, 1.82) is 0 Å². The van der Waals surface area contributed by atoms with Crippen molar-refractivity contribution in [3.05, 3.63) is 0 Å². The van der Waals surface area contributed by atoms with Gasteiger partial charge in [-0.2, -0.15) is 11.8 Å². The number of rotatable bonds is 9. The van der Waals surface area contributed by atoms with Crippen LogP contribution in [-0.2, 0) is 4.79 Å². The molecule has 0 aliphatic carbocycles. The Morgan fingerprint density at radius 2 is 1.82 bits per heavy atom. The number of hydrogen-bond acceptors (Lipinski definition) is 3. The molecule has 0 atom stereocenters. The molecule has 0 saturated heterocycles. The first-order valence-corrected chi connectivity index (χ1v) is 7.86. The van der Waals surface area contributed by atoms with Crippen LogP contribution < -0.4 is 10.6 Å². The summed E-state index contributed by atoms with van der Waals surface area (Å²) in [5.41, 5.74) is 0.0953. The monoisotopic (exact) mass is 260 g/mol. The largest absolute Gasteiger partial charge is 0.356 e. The predicted molar refractivity (Wildman–Crippen MR) is 77.6 cm³/mol. The van der Waals surface area contributed by atoms with Gasteiger partial charge < -0.3 is 10.6 Å². The van der Waals surface area contributed by atoms with Gasteiger partial charge in [-0.25, -0.2) is 0 Å². The molecule has 0 bridgehead atoms. The molecule has 0 aliphatic rings. The van der Waals surface area contributed by atoms with E-state index in [4.69, 9.17) is 0 Å². The number of thioether (sulfide) groups is 1. The van der Waals surface area contributed by atoms with Crippen molar-refractivity contribution in [3.8, 4) is 0 Å². The Morgan fingerprint density at radius 1 is 1.12 bits per heavy atom. The van der Waals surface area contributed by atoms with Crippen molar-refractivity contribution in [2.24, 2.45) is 0 Å². The van der Waals surface area contributed by atoms with Gasteiger partial charge in [0, 0.05) is 25.0 Å². The van der Waals surface area contributed by atoms with E-state index in [-0.39, 0.29) is 11.4 Å². The Morgan fingerprint density at radius 3 is 2.41 bits per heavy atom. The first kappa shape index (κ1) is 16.8. The normalized spacial score (nSPS) is 11.5. The maximum atomic E-state index is 11.5. The van der Waals surface area contributed by atoms with Crippen LogP contribution in [0.3, 0.4) is 0 Å². The molecule has 4 heteroatoms. The lowest BCUT2D eigenvalue weighted by Gasteiger charge is -2.20. The van der Waals surface area contributed by atoms with E-state index in [1.54, 1.807) is 0 Å². The van der Waals surface area contributed by atoms with Gasteiger partial charge in [0.1, 0.15) is 0 Å². The lowest BCUT2D eigenvalue weighted by atomic mass is 10.1. The molecule has 0 unspecified atom stereocenters. The molecule has 0 radical (unpaired) electrons. The van der Waals surface area contributed by atoms with E-state index in [0.29, 0.717) is 6.42 Å². The van der Waals surface area contributed by atoms with Gasteiger partial charge in [0.25, 0.3) is 0 Å². The molecule has 0 heterocycles. The summed E-state index contributed by atoms with van der Waals surface area (Å²) in [4.78, 5) is 11.5. The summed E-state index contributed by atoms with van der Waals surface area (Å²) in [6.45, 7) is 7.90. The van der Waals surface area contributed by atoms with Crippen molar-refractivity contribution in [1.82, 2.24) is 10.6 Å². The van der Waals surface area contributed by atoms with E-state index in [1.807, 2.05) is 11.8 Å². The highest BCUT2D eigenvalue weighted by molar-refractivity contribution is 7.98. The van der Waals surface area contributed by atoms with Gasteiger partial charge in [0.2, 0.25) is 5.91 Å². The molecule has 0 aromatic rings. The molecule has 0 aromatic carbocycles. The lowest BCUT2D eigenvalue weighted by Crippen LogP contribution is -2.38. The van der Waals surface area contributed by atoms with Gasteiger partial charge in [-0.3, -0.25) is 4.79 Å². The number of hydrogen-bond donors (Lipinski definition) is 2. The van der Waals surface area contributed by atoms with E-state index < -0.39 is 0 Å². The highest BCUT2D eigenvalue weighted by Crippen LogP contribution is 2.01. The molecular formula is C13H28N2OS. The van der Waals surface area contributed by atoms with E-state index in [0.717, 1.165) is 19.5 Å². The van der Waals surface area contributed by atoms with Crippen molar-refractivity contribution in [3.63, 3.8) is 0 Å². The van der Waals surface area contributed by atoms with Crippen LogP contribution in [0.15, 0.2) is 0 Å². The third-order valence-corrected chi connectivity index (χ3v) is 3.05. The summed E-state index contributed by atoms with van der Waals surface area (Å²) in [6.07, 6.45) is 6.26. The molecule has 0 fully saturated rings. The summed E-state index contributed by atoms with van der Waals surface area (Å²) < 4.78 is 0. The van der Waals surface area contributed by atoms with Crippen molar-refractivity contribution >= 4 is 17.7 Å². The SMILES string of the molecule is CSCCCCCNC(=O)CCNC(C)(C)C. The second-order valence-electron chi connectivity index (χ2n) is 5.33. The van der Waals surface area contributed by atoms with Crippen molar-refractivity contribution < 1.29 is 4.79 Å². The molecule has 0 rings (SSSR count). The topological polar surface area (TPSA) is 41.1 Å². The van der Waals surface area contributed by atoms with Crippen LogP contribution in [-0.4, -0.2) is 36.5 Å². The van der Waals surface area contributed by atoms with E-state index >= 15 is 0 Å². The van der Waals surface area contributed by atoms with Crippen LogP contribution in [0.5, 0.6) is 0 Å². The molecule has 3 nitrogen and oxygen atoms in total. The molecule has 0 spiro atoms. The third-order valence-electron chi connectivity index (χ3n) is 2.35. The fraction of sp³-hybridized carbons (Fsp3) is 0.923. The molecule has 17 heavy (non-hydrogen) atoms. The Kier molecular flexibility index (Phi) is 9.65. The Labute approximate surface area is 111 Å². The van der Waals surface area contributed by atoms with E-state index in [9.17, 15) is 4.79 Å². The van der Waals surface area contributed by atoms with E-state index in [1.165, 1.54) is 18.6 Å². The number of amides is 1. The summed E-state index contributed by atoms with van der Waals surface area (Å²) in [7, 11) is 0. The Hall–Kier alpha value is -0.220. The maximum absolute atomic E-state index is 11.5. The number of carbonyl (C=O) groups is 1. The molecular weight excluding hydrogens is 232 g/mol. The quantitative estimate of drug-likeness (QED) is 0.626. The van der Waals surface area contributed by atoms with Gasteiger partial charge in [-0.05, 0) is 45.6 Å². The minimum absolute atomic E-state index is 0.0953. The molecule has 102 valence electrons. The minimum Gasteiger partial charge on any atom is -0.356 e. The fourth-order valence-electron chi connectivity index (χ4n) is 1.42. The van der Waals surface area contributed by atoms with Gasteiger partial charge in [-0.15, -0.1) is 0 Å². The molecule has 0 saturated carbocycles. The molecule has 0 aromatic heterocycles. The zero-order valence-electron chi connectivity index (χ0n) is 11.8. The van der Waals surface area contributed by atoms with Crippen molar-refractivity contribution in [2.75, 3.05) is 25.1 Å². The smallest absolute Gasteiger partial charge is 0.221 e. The lowest BCUT2D eigenvalue weighted by molar-refractivity contribution is -0.121. The molecule has 2 N–H and O–H groups in total. The fourth-order valence-corrected chi connectivity index (χ4v) is 1.91. The third kappa shape index (κ3) is 13.7. The number of nitrogens with one attached hydrogen (secondary N) is 2. The van der Waals surface area contributed by atoms with Crippen LogP contribution in [0.2, 0.25) is 0 Å². The van der Waals surface area contributed by atoms with E-state index in [2.05, 4.69) is 37.7 Å². The summed E-state index contributed by atoms with van der Waals surface area (Å²) >= 11 is 1.88. The van der Waals surface area contributed by atoms with Crippen LogP contribution in [0.4, 0.5) is 0 Å². The number of carbonyl (C=O) groups excluding carboxylic acids is 1. The average molecular weight is 260 g/mol. The van der Waals surface area contributed by atoms with Gasteiger partial charge in [0.15, 0.2) is 0 Å². The Balaban J connectivity index is 3.29. The highest BCUT2D eigenvalue weighted by atomic mass is 32.2. The van der Waals surface area contributed by atoms with Gasteiger partial charge in [0.05, 0.1) is 0 Å². The summed E-state index contributed by atoms with van der Waals surface area (Å²) in [5.74, 6) is 1.38. The first-order valence-electron chi connectivity index (χ1n) is 6.46. The molecule has 0 aliphatic heterocycles. The van der Waals surface area contributed by atoms with Gasteiger partial charge >= 0.3 is 0 Å². The standard InChI is InChI=1S/C13H28N2OS/c1-13(2,3)15-10-8-12(16)14-9-6-5-7-11-17-4/h15H,5-11H2,1-4H3,(H,14,16). The minimum atomic E-state index is 0.0953. The summed E-state index contributed by atoms with van der Waals surface area (Å²) in [5, 5.41) is 6.27. The summed E-state index contributed by atoms with van der Waals surface area (Å²) in [6, 6.07) is 0. The second kappa shape index (κ2) is 9.77. The van der Waals surface area contributed by atoms with Crippen molar-refractivity contribution in [2.45, 2.75) is 52.0 Å². The maximum Gasteiger partial charge on any atom is 0.221 e. The van der Waals surface area contributed by atoms with Crippen LogP contribution in [0.25, 0.3) is 0 Å². The zero-order chi connectivity index (χ0) is 13.1. The first-order chi connectivity index (χ1) is 7.95. The van der Waals surface area contributed by atoms with Crippen LogP contribution in [0, 0.1) is 0 Å². The predicted octanol–water partition coefficient (Wildman–Crippen LogP) is 2.41. The molecule has 1 amide bonds. The second-order valence-corrected chi connectivity index (χ2v) is 6.32. The number of unbranched alkanes of at least 4 members (excludes halogenated alkanes) is 2. The highest BCUT2D eigenvalue weighted by Gasteiger charge is 2.09. The van der Waals surface area contributed by atoms with Crippen LogP contribution in [0.1, 0.15) is 46.5 Å². The zero-order valence-corrected chi connectivity index (χ0v) is 12.6. The Bertz CT molecular complexity index is 202. The average Bonchev–Trinajstić information content (AvgIpc) is 2.21. The van der Waals surface area contributed by atoms with Gasteiger partial charge in [-0.1, -0.05) is 6.42 Å².